The zero-order chi connectivity index (χ0) is 13.7. The molecule has 1 aromatic rings. The summed E-state index contributed by atoms with van der Waals surface area (Å²) in [5.74, 6) is 0.920. The quantitative estimate of drug-likeness (QED) is 0.874. The van der Waals surface area contributed by atoms with E-state index in [1.54, 1.807) is 0 Å². The SMILES string of the molecule is Cc1ccc(CNCC(C)N2CCC(C)CC2)cc1. The van der Waals surface area contributed by atoms with Gasteiger partial charge in [-0.15, -0.1) is 0 Å². The molecule has 1 fully saturated rings. The molecule has 2 heteroatoms. The van der Waals surface area contributed by atoms with Gasteiger partial charge < -0.3 is 5.32 Å². The second-order valence-electron chi connectivity index (χ2n) is 6.18. The molecule has 0 aliphatic carbocycles. The van der Waals surface area contributed by atoms with Crippen molar-refractivity contribution in [3.05, 3.63) is 35.4 Å². The van der Waals surface area contributed by atoms with E-state index in [2.05, 4.69) is 55.3 Å². The van der Waals surface area contributed by atoms with Crippen LogP contribution in [0.15, 0.2) is 24.3 Å². The molecule has 1 saturated heterocycles. The lowest BCUT2D eigenvalue weighted by molar-refractivity contribution is 0.144. The summed E-state index contributed by atoms with van der Waals surface area (Å²) < 4.78 is 0. The van der Waals surface area contributed by atoms with Gasteiger partial charge in [0.2, 0.25) is 0 Å². The molecule has 2 nitrogen and oxygen atoms in total. The Labute approximate surface area is 118 Å². The number of hydrogen-bond donors (Lipinski definition) is 1. The van der Waals surface area contributed by atoms with Gasteiger partial charge in [0.1, 0.15) is 0 Å². The highest BCUT2D eigenvalue weighted by molar-refractivity contribution is 5.21. The van der Waals surface area contributed by atoms with Crippen molar-refractivity contribution in [2.45, 2.75) is 46.2 Å². The number of rotatable bonds is 5. The van der Waals surface area contributed by atoms with Crippen LogP contribution < -0.4 is 5.32 Å². The van der Waals surface area contributed by atoms with E-state index < -0.39 is 0 Å². The van der Waals surface area contributed by atoms with E-state index in [0.717, 1.165) is 19.0 Å². The monoisotopic (exact) mass is 260 g/mol. The Balaban J connectivity index is 1.69. The number of nitrogens with zero attached hydrogens (tertiary/aromatic N) is 1. The highest BCUT2D eigenvalue weighted by atomic mass is 15.2. The molecule has 19 heavy (non-hydrogen) atoms. The third-order valence-corrected chi connectivity index (χ3v) is 4.33. The second kappa shape index (κ2) is 7.06. The van der Waals surface area contributed by atoms with Crippen LogP contribution in [-0.2, 0) is 6.54 Å². The summed E-state index contributed by atoms with van der Waals surface area (Å²) in [5, 5.41) is 3.59. The first kappa shape index (κ1) is 14.5. The Hall–Kier alpha value is -0.860. The third-order valence-electron chi connectivity index (χ3n) is 4.33. The molecule has 0 aromatic heterocycles. The summed E-state index contributed by atoms with van der Waals surface area (Å²) in [7, 11) is 0. The predicted molar refractivity (Wildman–Crippen MR) is 82.3 cm³/mol. The molecule has 0 radical (unpaired) electrons. The summed E-state index contributed by atoms with van der Waals surface area (Å²) >= 11 is 0. The van der Waals surface area contributed by atoms with Crippen molar-refractivity contribution in [1.29, 1.82) is 0 Å². The summed E-state index contributed by atoms with van der Waals surface area (Å²) in [5.41, 5.74) is 2.71. The molecule has 1 aromatic carbocycles. The van der Waals surface area contributed by atoms with Gasteiger partial charge >= 0.3 is 0 Å². The summed E-state index contributed by atoms with van der Waals surface area (Å²) in [6.45, 7) is 11.5. The maximum absolute atomic E-state index is 3.59. The lowest BCUT2D eigenvalue weighted by atomic mass is 9.98. The Kier molecular flexibility index (Phi) is 5.41. The molecule has 1 atom stereocenters. The average Bonchev–Trinajstić information content (AvgIpc) is 2.41. The number of likely N-dealkylation sites (tertiary alicyclic amines) is 1. The number of piperidine rings is 1. The van der Waals surface area contributed by atoms with E-state index in [0.29, 0.717) is 6.04 Å². The molecule has 0 bridgehead atoms. The summed E-state index contributed by atoms with van der Waals surface area (Å²) in [6.07, 6.45) is 2.73. The Morgan fingerprint density at radius 3 is 2.47 bits per heavy atom. The van der Waals surface area contributed by atoms with Crippen LogP contribution in [0.1, 0.15) is 37.8 Å². The lowest BCUT2D eigenvalue weighted by Crippen LogP contribution is -2.44. The Morgan fingerprint density at radius 1 is 1.21 bits per heavy atom. The molecular weight excluding hydrogens is 232 g/mol. The predicted octanol–water partition coefficient (Wildman–Crippen LogP) is 3.21. The first-order valence-corrected chi connectivity index (χ1v) is 7.65. The zero-order valence-electron chi connectivity index (χ0n) is 12.7. The topological polar surface area (TPSA) is 15.3 Å². The lowest BCUT2D eigenvalue weighted by Gasteiger charge is -2.35. The van der Waals surface area contributed by atoms with Gasteiger partial charge in [-0.2, -0.15) is 0 Å². The highest BCUT2D eigenvalue weighted by Crippen LogP contribution is 2.17. The van der Waals surface area contributed by atoms with Crippen molar-refractivity contribution in [3.8, 4) is 0 Å². The molecule has 1 aliphatic heterocycles. The van der Waals surface area contributed by atoms with Crippen molar-refractivity contribution in [2.75, 3.05) is 19.6 Å². The van der Waals surface area contributed by atoms with Gasteiger partial charge in [0.25, 0.3) is 0 Å². The minimum atomic E-state index is 0.651. The largest absolute Gasteiger partial charge is 0.311 e. The van der Waals surface area contributed by atoms with Crippen LogP contribution in [-0.4, -0.2) is 30.6 Å². The normalized spacial score (nSPS) is 19.5. The molecule has 1 heterocycles. The maximum atomic E-state index is 3.59. The number of benzene rings is 1. The zero-order valence-corrected chi connectivity index (χ0v) is 12.7. The maximum Gasteiger partial charge on any atom is 0.0206 e. The van der Waals surface area contributed by atoms with E-state index in [4.69, 9.17) is 0 Å². The molecule has 0 spiro atoms. The fourth-order valence-electron chi connectivity index (χ4n) is 2.73. The van der Waals surface area contributed by atoms with Crippen molar-refractivity contribution in [1.82, 2.24) is 10.2 Å². The summed E-state index contributed by atoms with van der Waals surface area (Å²) in [4.78, 5) is 2.63. The molecular formula is C17H28N2. The molecule has 0 saturated carbocycles. The van der Waals surface area contributed by atoms with Gasteiger partial charge in [-0.25, -0.2) is 0 Å². The van der Waals surface area contributed by atoms with Crippen LogP contribution in [0.4, 0.5) is 0 Å². The van der Waals surface area contributed by atoms with E-state index >= 15 is 0 Å². The van der Waals surface area contributed by atoms with Gasteiger partial charge in [0.15, 0.2) is 0 Å². The van der Waals surface area contributed by atoms with Crippen LogP contribution in [0.5, 0.6) is 0 Å². The second-order valence-corrected chi connectivity index (χ2v) is 6.18. The number of aryl methyl sites for hydroxylation is 1. The average molecular weight is 260 g/mol. The van der Waals surface area contributed by atoms with Gasteiger partial charge in [-0.05, 0) is 51.3 Å². The Morgan fingerprint density at radius 2 is 1.84 bits per heavy atom. The molecule has 1 aliphatic rings. The molecule has 0 amide bonds. The minimum absolute atomic E-state index is 0.651. The van der Waals surface area contributed by atoms with Crippen LogP contribution >= 0.6 is 0 Å². The van der Waals surface area contributed by atoms with Crippen molar-refractivity contribution in [3.63, 3.8) is 0 Å². The molecule has 1 N–H and O–H groups in total. The Bertz CT molecular complexity index is 363. The van der Waals surface area contributed by atoms with E-state index in [-0.39, 0.29) is 0 Å². The fourth-order valence-corrected chi connectivity index (χ4v) is 2.73. The van der Waals surface area contributed by atoms with Crippen LogP contribution in [0.2, 0.25) is 0 Å². The van der Waals surface area contributed by atoms with Gasteiger partial charge in [0.05, 0.1) is 0 Å². The first-order chi connectivity index (χ1) is 9.15. The van der Waals surface area contributed by atoms with Crippen molar-refractivity contribution in [2.24, 2.45) is 5.92 Å². The number of nitrogens with one attached hydrogen (secondary N) is 1. The van der Waals surface area contributed by atoms with Crippen molar-refractivity contribution < 1.29 is 0 Å². The first-order valence-electron chi connectivity index (χ1n) is 7.65. The highest BCUT2D eigenvalue weighted by Gasteiger charge is 2.19. The molecule has 106 valence electrons. The van der Waals surface area contributed by atoms with Gasteiger partial charge in [0, 0.05) is 19.1 Å². The van der Waals surface area contributed by atoms with E-state index in [1.807, 2.05) is 0 Å². The van der Waals surface area contributed by atoms with Crippen LogP contribution in [0.25, 0.3) is 0 Å². The van der Waals surface area contributed by atoms with E-state index in [9.17, 15) is 0 Å². The molecule has 1 unspecified atom stereocenters. The van der Waals surface area contributed by atoms with Gasteiger partial charge in [-0.3, -0.25) is 4.90 Å². The third kappa shape index (κ3) is 4.63. The smallest absolute Gasteiger partial charge is 0.0206 e. The van der Waals surface area contributed by atoms with Crippen LogP contribution in [0.3, 0.4) is 0 Å². The number of hydrogen-bond acceptors (Lipinski definition) is 2. The van der Waals surface area contributed by atoms with Crippen molar-refractivity contribution >= 4 is 0 Å². The summed E-state index contributed by atoms with van der Waals surface area (Å²) in [6, 6.07) is 9.46. The minimum Gasteiger partial charge on any atom is -0.311 e. The molecule has 2 rings (SSSR count). The fraction of sp³-hybridized carbons (Fsp3) is 0.647. The standard InChI is InChI=1S/C17H28N2/c1-14-4-6-17(7-5-14)13-18-12-16(3)19-10-8-15(2)9-11-19/h4-7,15-16,18H,8-13H2,1-3H3. The van der Waals surface area contributed by atoms with E-state index in [1.165, 1.54) is 37.1 Å². The van der Waals surface area contributed by atoms with Gasteiger partial charge in [-0.1, -0.05) is 36.8 Å². The van der Waals surface area contributed by atoms with Crippen LogP contribution in [0, 0.1) is 12.8 Å².